The monoisotopic (exact) mass is 151 g/mol. The summed E-state index contributed by atoms with van der Waals surface area (Å²) in [7, 11) is 1.73. The van der Waals surface area contributed by atoms with Crippen molar-refractivity contribution in [2.24, 2.45) is 10.9 Å². The van der Waals surface area contributed by atoms with Gasteiger partial charge in [0.2, 0.25) is 0 Å². The number of rotatable bonds is 4. The van der Waals surface area contributed by atoms with Crippen molar-refractivity contribution in [1.29, 1.82) is 0 Å². The second-order valence-corrected chi connectivity index (χ2v) is 2.61. The van der Waals surface area contributed by atoms with Crippen LogP contribution in [-0.2, 0) is 0 Å². The fraction of sp³-hybridized carbons (Fsp3) is 0.600. The summed E-state index contributed by atoms with van der Waals surface area (Å²) in [6.45, 7) is 4.41. The number of aliphatic imine (C=N–C) groups is 1. The molecule has 0 aromatic rings. The van der Waals surface area contributed by atoms with Crippen LogP contribution < -0.4 is 0 Å². The first-order valence-electron chi connectivity index (χ1n) is 4.14. The van der Waals surface area contributed by atoms with Crippen molar-refractivity contribution in [3.05, 3.63) is 18.2 Å². The van der Waals surface area contributed by atoms with Crippen LogP contribution in [0.5, 0.6) is 0 Å². The summed E-state index contributed by atoms with van der Waals surface area (Å²) >= 11 is 0. The van der Waals surface area contributed by atoms with Crippen molar-refractivity contribution in [3.8, 4) is 0 Å². The van der Waals surface area contributed by atoms with Crippen LogP contribution in [0.4, 0.5) is 0 Å². The molecule has 0 fully saturated rings. The van der Waals surface area contributed by atoms with Crippen LogP contribution in [-0.4, -0.2) is 12.9 Å². The van der Waals surface area contributed by atoms with Crippen molar-refractivity contribution in [1.82, 2.24) is 0 Å². The van der Waals surface area contributed by atoms with Crippen LogP contribution in [0, 0.1) is 5.92 Å². The third-order valence-electron chi connectivity index (χ3n) is 1.58. The average Bonchev–Trinajstić information content (AvgIpc) is 2.04. The Hall–Kier alpha value is -0.810. The van der Waals surface area contributed by atoms with Gasteiger partial charge in [-0.1, -0.05) is 32.4 Å². The predicted molar refractivity (Wildman–Crippen MR) is 51.1 cm³/mol. The SMILES string of the molecule is CCC(C)/C=C\CC=C=NC. The van der Waals surface area contributed by atoms with Crippen molar-refractivity contribution < 1.29 is 0 Å². The molecule has 0 aromatic heterocycles. The van der Waals surface area contributed by atoms with Gasteiger partial charge in [0.05, 0.1) is 0 Å². The van der Waals surface area contributed by atoms with Crippen LogP contribution in [0.15, 0.2) is 23.2 Å². The van der Waals surface area contributed by atoms with Crippen LogP contribution in [0.3, 0.4) is 0 Å². The molecule has 0 N–H and O–H groups in total. The van der Waals surface area contributed by atoms with Gasteiger partial charge in [0.25, 0.3) is 0 Å². The molecule has 0 bridgehead atoms. The highest BCUT2D eigenvalue weighted by Crippen LogP contribution is 2.02. The van der Waals surface area contributed by atoms with Crippen molar-refractivity contribution in [2.45, 2.75) is 26.7 Å². The molecule has 0 amide bonds. The van der Waals surface area contributed by atoms with Crippen molar-refractivity contribution in [2.75, 3.05) is 7.05 Å². The van der Waals surface area contributed by atoms with Crippen LogP contribution >= 0.6 is 0 Å². The Morgan fingerprint density at radius 2 is 2.27 bits per heavy atom. The summed E-state index contributed by atoms with van der Waals surface area (Å²) in [6, 6.07) is 0. The summed E-state index contributed by atoms with van der Waals surface area (Å²) in [5.41, 5.74) is 0. The van der Waals surface area contributed by atoms with Gasteiger partial charge in [-0.3, -0.25) is 0 Å². The Kier molecular flexibility index (Phi) is 6.76. The minimum absolute atomic E-state index is 0.696. The molecule has 1 heteroatoms. The molecule has 0 heterocycles. The minimum Gasteiger partial charge on any atom is -0.247 e. The molecule has 0 rings (SSSR count). The third-order valence-corrected chi connectivity index (χ3v) is 1.58. The van der Waals surface area contributed by atoms with E-state index in [4.69, 9.17) is 0 Å². The second kappa shape index (κ2) is 7.30. The smallest absolute Gasteiger partial charge is 0.0372 e. The number of hydrogen-bond donors (Lipinski definition) is 0. The Balaban J connectivity index is 3.52. The molecule has 1 nitrogen and oxygen atoms in total. The first kappa shape index (κ1) is 10.2. The zero-order valence-electron chi connectivity index (χ0n) is 7.67. The van der Waals surface area contributed by atoms with Gasteiger partial charge >= 0.3 is 0 Å². The lowest BCUT2D eigenvalue weighted by atomic mass is 10.1. The van der Waals surface area contributed by atoms with E-state index < -0.39 is 0 Å². The molecule has 0 saturated carbocycles. The van der Waals surface area contributed by atoms with Crippen molar-refractivity contribution >= 4 is 5.87 Å². The first-order chi connectivity index (χ1) is 5.31. The maximum Gasteiger partial charge on any atom is 0.0372 e. The topological polar surface area (TPSA) is 12.4 Å². The molecule has 0 aliphatic heterocycles. The lowest BCUT2D eigenvalue weighted by molar-refractivity contribution is 0.696. The summed E-state index contributed by atoms with van der Waals surface area (Å²) in [5.74, 6) is 3.49. The highest BCUT2D eigenvalue weighted by molar-refractivity contribution is 5.51. The molecule has 0 radical (unpaired) electrons. The van der Waals surface area contributed by atoms with E-state index in [0.717, 1.165) is 6.42 Å². The maximum absolute atomic E-state index is 3.73. The van der Waals surface area contributed by atoms with E-state index in [1.54, 1.807) is 7.05 Å². The highest BCUT2D eigenvalue weighted by Gasteiger charge is 1.87. The van der Waals surface area contributed by atoms with E-state index in [0.29, 0.717) is 5.92 Å². The molecule has 1 unspecified atom stereocenters. The number of allylic oxidation sites excluding steroid dienone is 3. The second-order valence-electron chi connectivity index (χ2n) is 2.61. The van der Waals surface area contributed by atoms with E-state index in [1.807, 2.05) is 6.08 Å². The van der Waals surface area contributed by atoms with Gasteiger partial charge in [0, 0.05) is 7.05 Å². The number of nitrogens with zero attached hydrogens (tertiary/aromatic N) is 1. The van der Waals surface area contributed by atoms with E-state index in [1.165, 1.54) is 6.42 Å². The molecule has 11 heavy (non-hydrogen) atoms. The molecule has 0 aliphatic rings. The predicted octanol–water partition coefficient (Wildman–Crippen LogP) is 2.83. The average molecular weight is 151 g/mol. The zero-order chi connectivity index (χ0) is 8.53. The summed E-state index contributed by atoms with van der Waals surface area (Å²) < 4.78 is 0. The Morgan fingerprint density at radius 3 is 2.82 bits per heavy atom. The Bertz CT molecular complexity index is 162. The van der Waals surface area contributed by atoms with E-state index in [9.17, 15) is 0 Å². The molecular formula is C10H17N. The van der Waals surface area contributed by atoms with Crippen LogP contribution in [0.25, 0.3) is 0 Å². The van der Waals surface area contributed by atoms with Gasteiger partial charge in [-0.25, -0.2) is 4.99 Å². The van der Waals surface area contributed by atoms with Crippen LogP contribution in [0.2, 0.25) is 0 Å². The quantitative estimate of drug-likeness (QED) is 0.433. The third kappa shape index (κ3) is 7.08. The summed E-state index contributed by atoms with van der Waals surface area (Å²) in [4.78, 5) is 3.73. The van der Waals surface area contributed by atoms with Gasteiger partial charge in [-0.15, -0.1) is 0 Å². The highest BCUT2D eigenvalue weighted by atomic mass is 14.6. The largest absolute Gasteiger partial charge is 0.247 e. The molecule has 0 saturated heterocycles. The van der Waals surface area contributed by atoms with Gasteiger partial charge < -0.3 is 0 Å². The molecule has 62 valence electrons. The lowest BCUT2D eigenvalue weighted by Crippen LogP contribution is -1.83. The summed E-state index contributed by atoms with van der Waals surface area (Å²) in [6.07, 6.45) is 8.48. The van der Waals surface area contributed by atoms with Gasteiger partial charge in [0.1, 0.15) is 0 Å². The molecule has 0 aliphatic carbocycles. The minimum atomic E-state index is 0.696. The fourth-order valence-electron chi connectivity index (χ4n) is 0.659. The van der Waals surface area contributed by atoms with E-state index in [2.05, 4.69) is 36.9 Å². The van der Waals surface area contributed by atoms with Crippen molar-refractivity contribution in [3.63, 3.8) is 0 Å². The lowest BCUT2D eigenvalue weighted by Gasteiger charge is -1.96. The standard InChI is InChI=1S/C10H17N/c1-4-10(2)8-6-5-7-9-11-3/h6-8,10H,4-5H2,1-3H3/b8-6-. The zero-order valence-corrected chi connectivity index (χ0v) is 7.67. The normalized spacial score (nSPS) is 12.6. The molecule has 1 atom stereocenters. The summed E-state index contributed by atoms with van der Waals surface area (Å²) in [5, 5.41) is 0. The Morgan fingerprint density at radius 1 is 1.55 bits per heavy atom. The van der Waals surface area contributed by atoms with Gasteiger partial charge in [-0.2, -0.15) is 0 Å². The first-order valence-corrected chi connectivity index (χ1v) is 4.14. The maximum atomic E-state index is 3.73. The van der Waals surface area contributed by atoms with Crippen LogP contribution in [0.1, 0.15) is 26.7 Å². The van der Waals surface area contributed by atoms with Gasteiger partial charge in [0.15, 0.2) is 0 Å². The Labute approximate surface area is 69.5 Å². The molecule has 0 spiro atoms. The fourth-order valence-corrected chi connectivity index (χ4v) is 0.659. The number of hydrogen-bond acceptors (Lipinski definition) is 1. The van der Waals surface area contributed by atoms with E-state index >= 15 is 0 Å². The molecular weight excluding hydrogens is 134 g/mol. The van der Waals surface area contributed by atoms with E-state index in [-0.39, 0.29) is 0 Å². The van der Waals surface area contributed by atoms with Gasteiger partial charge in [-0.05, 0) is 24.3 Å². The molecule has 0 aromatic carbocycles.